The molecule has 1 N–H and O–H groups in total. The summed E-state index contributed by atoms with van der Waals surface area (Å²) in [5.74, 6) is -0.280. The van der Waals surface area contributed by atoms with Crippen molar-refractivity contribution in [1.82, 2.24) is 14.1 Å². The Balaban J connectivity index is 2.05. The molecular weight excluding hydrogens is 356 g/mol. The molecule has 0 aliphatic carbocycles. The topological polar surface area (TPSA) is 90.0 Å². The fourth-order valence-electron chi connectivity index (χ4n) is 2.92. The van der Waals surface area contributed by atoms with E-state index >= 15 is 0 Å². The third kappa shape index (κ3) is 4.60. The fourth-order valence-corrected chi connectivity index (χ4v) is 3.87. The highest BCUT2D eigenvalue weighted by atomic mass is 32.2. The number of amides is 2. The van der Waals surface area contributed by atoms with Crippen LogP contribution in [0.5, 0.6) is 0 Å². The van der Waals surface area contributed by atoms with Gasteiger partial charge in [0, 0.05) is 33.9 Å². The predicted molar refractivity (Wildman–Crippen MR) is 99.2 cm³/mol. The first-order chi connectivity index (χ1) is 12.1. The number of sulfonamides is 1. The molecule has 0 saturated carbocycles. The molecule has 26 heavy (non-hydrogen) atoms. The maximum absolute atomic E-state index is 12.4. The predicted octanol–water partition coefficient (Wildman–Crippen LogP) is 0.428. The van der Waals surface area contributed by atoms with Crippen molar-refractivity contribution in [2.45, 2.75) is 23.8 Å². The number of carbonyl (C=O) groups excluding carboxylic acids is 2. The minimum atomic E-state index is -3.57. The fraction of sp³-hybridized carbons (Fsp3) is 0.529. The summed E-state index contributed by atoms with van der Waals surface area (Å²) in [4.78, 5) is 28.1. The van der Waals surface area contributed by atoms with Gasteiger partial charge in [-0.15, -0.1) is 0 Å². The van der Waals surface area contributed by atoms with Crippen LogP contribution in [-0.4, -0.2) is 81.7 Å². The van der Waals surface area contributed by atoms with Gasteiger partial charge in [0.05, 0.1) is 17.5 Å². The molecule has 0 bridgehead atoms. The van der Waals surface area contributed by atoms with Crippen LogP contribution in [0.4, 0.5) is 5.69 Å². The first-order valence-corrected chi connectivity index (χ1v) is 9.84. The van der Waals surface area contributed by atoms with E-state index < -0.39 is 10.0 Å². The Morgan fingerprint density at radius 1 is 1.23 bits per heavy atom. The molecule has 1 atom stereocenters. The van der Waals surface area contributed by atoms with Crippen molar-refractivity contribution in [3.05, 3.63) is 24.3 Å². The average molecular weight is 382 g/mol. The third-order valence-corrected chi connectivity index (χ3v) is 6.14. The van der Waals surface area contributed by atoms with Gasteiger partial charge in [0.1, 0.15) is 0 Å². The Morgan fingerprint density at radius 2 is 1.92 bits per heavy atom. The van der Waals surface area contributed by atoms with Crippen molar-refractivity contribution in [2.75, 3.05) is 46.6 Å². The Morgan fingerprint density at radius 3 is 2.54 bits per heavy atom. The van der Waals surface area contributed by atoms with Crippen LogP contribution in [-0.2, 0) is 19.6 Å². The molecule has 1 aliphatic heterocycles. The molecule has 1 saturated heterocycles. The summed E-state index contributed by atoms with van der Waals surface area (Å²) < 4.78 is 25.5. The van der Waals surface area contributed by atoms with Crippen LogP contribution in [0.15, 0.2) is 29.2 Å². The van der Waals surface area contributed by atoms with Gasteiger partial charge < -0.3 is 10.2 Å². The largest absolute Gasteiger partial charge is 0.347 e. The lowest BCUT2D eigenvalue weighted by molar-refractivity contribution is -0.133. The molecular formula is C17H26N4O4S. The van der Waals surface area contributed by atoms with Crippen LogP contribution >= 0.6 is 0 Å². The van der Waals surface area contributed by atoms with E-state index in [-0.39, 0.29) is 29.3 Å². The van der Waals surface area contributed by atoms with Crippen LogP contribution in [0.1, 0.15) is 12.8 Å². The molecule has 1 aromatic rings. The molecule has 2 amide bonds. The number of nitrogens with one attached hydrogen (secondary N) is 1. The van der Waals surface area contributed by atoms with Gasteiger partial charge in [-0.1, -0.05) is 6.07 Å². The van der Waals surface area contributed by atoms with E-state index in [1.807, 2.05) is 4.90 Å². The minimum absolute atomic E-state index is 0.00521. The van der Waals surface area contributed by atoms with Crippen LogP contribution in [0, 0.1) is 0 Å². The third-order valence-electron chi connectivity index (χ3n) is 4.33. The second kappa shape index (κ2) is 8.15. The van der Waals surface area contributed by atoms with Gasteiger partial charge in [-0.3, -0.25) is 14.5 Å². The van der Waals surface area contributed by atoms with Crippen molar-refractivity contribution in [3.63, 3.8) is 0 Å². The number of likely N-dealkylation sites (tertiary alicyclic amines) is 1. The van der Waals surface area contributed by atoms with Crippen LogP contribution in [0.3, 0.4) is 0 Å². The van der Waals surface area contributed by atoms with E-state index in [4.69, 9.17) is 0 Å². The number of rotatable bonds is 6. The maximum Gasteiger partial charge on any atom is 0.242 e. The smallest absolute Gasteiger partial charge is 0.242 e. The van der Waals surface area contributed by atoms with Crippen LogP contribution < -0.4 is 5.32 Å². The summed E-state index contributed by atoms with van der Waals surface area (Å²) in [7, 11) is 2.75. The summed E-state index contributed by atoms with van der Waals surface area (Å²) in [5.41, 5.74) is 0.410. The van der Waals surface area contributed by atoms with Crippen LogP contribution in [0.2, 0.25) is 0 Å². The first-order valence-electron chi connectivity index (χ1n) is 8.40. The lowest BCUT2D eigenvalue weighted by atomic mass is 10.2. The molecule has 2 rings (SSSR count). The Labute approximate surface area is 154 Å². The van der Waals surface area contributed by atoms with E-state index in [1.54, 1.807) is 26.2 Å². The Hall–Kier alpha value is -1.97. The van der Waals surface area contributed by atoms with Gasteiger partial charge in [0.15, 0.2) is 0 Å². The second-order valence-electron chi connectivity index (χ2n) is 6.72. The molecule has 0 radical (unpaired) electrons. The van der Waals surface area contributed by atoms with Gasteiger partial charge >= 0.3 is 0 Å². The Kier molecular flexibility index (Phi) is 6.38. The number of anilines is 1. The van der Waals surface area contributed by atoms with Crippen molar-refractivity contribution in [1.29, 1.82) is 0 Å². The maximum atomic E-state index is 12.4. The zero-order valence-electron chi connectivity index (χ0n) is 15.6. The van der Waals surface area contributed by atoms with Crippen LogP contribution in [0.25, 0.3) is 0 Å². The molecule has 1 aromatic carbocycles. The number of hydrogen-bond acceptors (Lipinski definition) is 5. The van der Waals surface area contributed by atoms with Crippen molar-refractivity contribution in [2.24, 2.45) is 0 Å². The summed E-state index contributed by atoms with van der Waals surface area (Å²) in [6, 6.07) is 5.85. The molecule has 0 unspecified atom stereocenters. The molecule has 9 heteroatoms. The van der Waals surface area contributed by atoms with Gasteiger partial charge in [-0.2, -0.15) is 0 Å². The lowest BCUT2D eigenvalue weighted by Gasteiger charge is -2.25. The second-order valence-corrected chi connectivity index (χ2v) is 8.88. The van der Waals surface area contributed by atoms with Crippen molar-refractivity contribution >= 4 is 27.5 Å². The number of nitrogens with zero attached hydrogens (tertiary/aromatic N) is 3. The number of benzene rings is 1. The van der Waals surface area contributed by atoms with Gasteiger partial charge in [0.2, 0.25) is 21.8 Å². The van der Waals surface area contributed by atoms with E-state index in [2.05, 4.69) is 5.32 Å². The normalized spacial score (nSPS) is 18.1. The van der Waals surface area contributed by atoms with Crippen molar-refractivity contribution in [3.8, 4) is 0 Å². The molecule has 1 aliphatic rings. The quantitative estimate of drug-likeness (QED) is 0.771. The zero-order chi connectivity index (χ0) is 19.5. The number of hydrogen-bond donors (Lipinski definition) is 1. The van der Waals surface area contributed by atoms with E-state index in [9.17, 15) is 18.0 Å². The van der Waals surface area contributed by atoms with E-state index in [0.717, 1.165) is 17.1 Å². The number of carbonyl (C=O) groups is 2. The highest BCUT2D eigenvalue weighted by Crippen LogP contribution is 2.20. The standard InChI is InChI=1S/C17H26N4O4S/c1-19(2)17(23)15-9-6-10-21(15)12-16(22)18-13-7-5-8-14(11-13)26(24,25)20(3)4/h5,7-8,11,15H,6,9-10,12H2,1-4H3,(H,18,22)/t15-/m0/s1. The molecule has 0 spiro atoms. The number of likely N-dealkylation sites (N-methyl/N-ethyl adjacent to an activating group) is 1. The molecule has 1 fully saturated rings. The summed E-state index contributed by atoms with van der Waals surface area (Å²) in [6.07, 6.45) is 1.61. The Bertz CT molecular complexity index is 777. The average Bonchev–Trinajstić information content (AvgIpc) is 3.01. The highest BCUT2D eigenvalue weighted by molar-refractivity contribution is 7.89. The molecule has 8 nitrogen and oxygen atoms in total. The SMILES string of the molecule is CN(C)C(=O)[C@@H]1CCCN1CC(=O)Nc1cccc(S(=O)(=O)N(C)C)c1. The molecule has 144 valence electrons. The molecule has 0 aromatic heterocycles. The molecule has 1 heterocycles. The monoisotopic (exact) mass is 382 g/mol. The van der Waals surface area contributed by atoms with Gasteiger partial charge in [0.25, 0.3) is 0 Å². The first kappa shape index (κ1) is 20.3. The minimum Gasteiger partial charge on any atom is -0.347 e. The zero-order valence-corrected chi connectivity index (χ0v) is 16.4. The van der Waals surface area contributed by atoms with Gasteiger partial charge in [-0.25, -0.2) is 12.7 Å². The summed E-state index contributed by atoms with van der Waals surface area (Å²) in [6.45, 7) is 0.779. The summed E-state index contributed by atoms with van der Waals surface area (Å²) >= 11 is 0. The van der Waals surface area contributed by atoms with Gasteiger partial charge in [-0.05, 0) is 37.6 Å². The van der Waals surface area contributed by atoms with Crippen molar-refractivity contribution < 1.29 is 18.0 Å². The summed E-state index contributed by atoms with van der Waals surface area (Å²) in [5, 5.41) is 2.72. The van der Waals surface area contributed by atoms with E-state index in [1.165, 1.54) is 31.1 Å². The highest BCUT2D eigenvalue weighted by Gasteiger charge is 2.32. The lowest BCUT2D eigenvalue weighted by Crippen LogP contribution is -2.45. The van der Waals surface area contributed by atoms with E-state index in [0.29, 0.717) is 12.2 Å².